The second-order valence-corrected chi connectivity index (χ2v) is 5.36. The van der Waals surface area contributed by atoms with E-state index in [1.54, 1.807) is 4.90 Å². The molecule has 0 radical (unpaired) electrons. The lowest BCUT2D eigenvalue weighted by Gasteiger charge is -2.32. The van der Waals surface area contributed by atoms with Crippen LogP contribution in [0.15, 0.2) is 0 Å². The van der Waals surface area contributed by atoms with Gasteiger partial charge in [-0.05, 0) is 18.8 Å². The Bertz CT molecular complexity index is 314. The van der Waals surface area contributed by atoms with Gasteiger partial charge in [0, 0.05) is 26.7 Å². The summed E-state index contributed by atoms with van der Waals surface area (Å²) in [6.07, 6.45) is 3.97. The fraction of sp³-hybridized carbons (Fsp3) is 0.857. The van der Waals surface area contributed by atoms with E-state index in [4.69, 9.17) is 9.84 Å². The molecule has 2 amide bonds. The third kappa shape index (κ3) is 5.77. The molecule has 1 atom stereocenters. The van der Waals surface area contributed by atoms with E-state index in [0.29, 0.717) is 0 Å². The minimum absolute atomic E-state index is 0.102. The molecule has 1 unspecified atom stereocenters. The summed E-state index contributed by atoms with van der Waals surface area (Å²) in [5, 5.41) is 11.5. The molecule has 116 valence electrons. The molecule has 2 N–H and O–H groups in total. The SMILES string of the molecule is CCCC1CCN(C(=O)NCC(CC(=O)O)OC)CC1. The molecule has 0 aromatic heterocycles. The number of hydrogen-bond acceptors (Lipinski definition) is 3. The smallest absolute Gasteiger partial charge is 0.317 e. The number of urea groups is 1. The van der Waals surface area contributed by atoms with E-state index >= 15 is 0 Å². The minimum Gasteiger partial charge on any atom is -0.481 e. The van der Waals surface area contributed by atoms with Crippen LogP contribution < -0.4 is 5.32 Å². The van der Waals surface area contributed by atoms with E-state index in [1.807, 2.05) is 0 Å². The Kier molecular flexibility index (Phi) is 7.36. The Morgan fingerprint density at radius 1 is 1.40 bits per heavy atom. The number of nitrogens with zero attached hydrogens (tertiary/aromatic N) is 1. The van der Waals surface area contributed by atoms with Crippen molar-refractivity contribution in [2.75, 3.05) is 26.7 Å². The van der Waals surface area contributed by atoms with Crippen molar-refractivity contribution in [3.8, 4) is 0 Å². The fourth-order valence-electron chi connectivity index (χ4n) is 2.58. The average molecular weight is 286 g/mol. The first-order valence-electron chi connectivity index (χ1n) is 7.34. The summed E-state index contributed by atoms with van der Waals surface area (Å²) in [5.74, 6) is -0.186. The lowest BCUT2D eigenvalue weighted by atomic mass is 9.93. The van der Waals surface area contributed by atoms with Crippen LogP contribution in [0.3, 0.4) is 0 Å². The van der Waals surface area contributed by atoms with Crippen molar-refractivity contribution < 1.29 is 19.4 Å². The van der Waals surface area contributed by atoms with Crippen LogP contribution in [0.5, 0.6) is 0 Å². The van der Waals surface area contributed by atoms with Gasteiger partial charge in [-0.25, -0.2) is 4.79 Å². The predicted molar refractivity (Wildman–Crippen MR) is 75.7 cm³/mol. The van der Waals surface area contributed by atoms with Gasteiger partial charge in [0.2, 0.25) is 0 Å². The fourth-order valence-corrected chi connectivity index (χ4v) is 2.58. The van der Waals surface area contributed by atoms with Crippen LogP contribution in [0.25, 0.3) is 0 Å². The second-order valence-electron chi connectivity index (χ2n) is 5.36. The third-order valence-electron chi connectivity index (χ3n) is 3.82. The summed E-state index contributed by atoms with van der Waals surface area (Å²) in [4.78, 5) is 24.4. The van der Waals surface area contributed by atoms with Gasteiger partial charge in [-0.3, -0.25) is 4.79 Å². The number of carboxylic acids is 1. The highest BCUT2D eigenvalue weighted by atomic mass is 16.5. The van der Waals surface area contributed by atoms with Gasteiger partial charge in [0.25, 0.3) is 0 Å². The van der Waals surface area contributed by atoms with Gasteiger partial charge in [-0.2, -0.15) is 0 Å². The number of amides is 2. The topological polar surface area (TPSA) is 78.9 Å². The number of nitrogens with one attached hydrogen (secondary N) is 1. The van der Waals surface area contributed by atoms with Crippen LogP contribution in [0.1, 0.15) is 39.0 Å². The van der Waals surface area contributed by atoms with E-state index in [9.17, 15) is 9.59 Å². The minimum atomic E-state index is -0.925. The molecule has 0 aromatic carbocycles. The zero-order chi connectivity index (χ0) is 15.0. The number of carboxylic acid groups (broad SMARTS) is 1. The average Bonchev–Trinajstić information content (AvgIpc) is 2.44. The summed E-state index contributed by atoms with van der Waals surface area (Å²) in [5.41, 5.74) is 0. The van der Waals surface area contributed by atoms with Crippen LogP contribution in [-0.4, -0.2) is 54.9 Å². The molecule has 0 aromatic rings. The number of methoxy groups -OCH3 is 1. The van der Waals surface area contributed by atoms with Crippen molar-refractivity contribution in [2.24, 2.45) is 5.92 Å². The van der Waals surface area contributed by atoms with Crippen LogP contribution in [-0.2, 0) is 9.53 Å². The first-order chi connectivity index (χ1) is 9.56. The molecule has 0 saturated carbocycles. The van der Waals surface area contributed by atoms with Gasteiger partial charge in [0.05, 0.1) is 12.5 Å². The van der Waals surface area contributed by atoms with Gasteiger partial charge in [0.15, 0.2) is 0 Å². The van der Waals surface area contributed by atoms with Gasteiger partial charge < -0.3 is 20.1 Å². The van der Waals surface area contributed by atoms with E-state index < -0.39 is 12.1 Å². The Morgan fingerprint density at radius 2 is 2.05 bits per heavy atom. The molecule has 1 rings (SSSR count). The monoisotopic (exact) mass is 286 g/mol. The largest absolute Gasteiger partial charge is 0.481 e. The van der Waals surface area contributed by atoms with Gasteiger partial charge in [-0.1, -0.05) is 19.8 Å². The molecule has 0 aliphatic carbocycles. The standard InChI is InChI=1S/C14H26N2O4/c1-3-4-11-5-7-16(8-6-11)14(19)15-10-12(20-2)9-13(17)18/h11-12H,3-10H2,1-2H3,(H,15,19)(H,17,18). The molecule has 1 saturated heterocycles. The molecule has 1 heterocycles. The highest BCUT2D eigenvalue weighted by molar-refractivity contribution is 5.74. The molecule has 1 fully saturated rings. The Hall–Kier alpha value is -1.30. The number of rotatable bonds is 7. The van der Waals surface area contributed by atoms with E-state index in [2.05, 4.69) is 12.2 Å². The maximum absolute atomic E-state index is 12.0. The number of piperidine rings is 1. The number of ether oxygens (including phenoxy) is 1. The highest BCUT2D eigenvalue weighted by Crippen LogP contribution is 2.21. The second kappa shape index (κ2) is 8.79. The van der Waals surface area contributed by atoms with Crippen LogP contribution >= 0.6 is 0 Å². The Labute approximate surface area is 120 Å². The molecular weight excluding hydrogens is 260 g/mol. The zero-order valence-electron chi connectivity index (χ0n) is 12.4. The van der Waals surface area contributed by atoms with Crippen molar-refractivity contribution in [1.82, 2.24) is 10.2 Å². The lowest BCUT2D eigenvalue weighted by Crippen LogP contribution is -2.46. The first-order valence-corrected chi connectivity index (χ1v) is 7.34. The highest BCUT2D eigenvalue weighted by Gasteiger charge is 2.23. The predicted octanol–water partition coefficient (Wildman–Crippen LogP) is 1.70. The zero-order valence-corrected chi connectivity index (χ0v) is 12.4. The molecule has 6 heteroatoms. The van der Waals surface area contributed by atoms with Crippen LogP contribution in [0, 0.1) is 5.92 Å². The van der Waals surface area contributed by atoms with Crippen LogP contribution in [0.4, 0.5) is 4.79 Å². The van der Waals surface area contributed by atoms with Crippen molar-refractivity contribution >= 4 is 12.0 Å². The van der Waals surface area contributed by atoms with Crippen LogP contribution in [0.2, 0.25) is 0 Å². The molecule has 1 aliphatic heterocycles. The van der Waals surface area contributed by atoms with Crippen molar-refractivity contribution in [2.45, 2.75) is 45.1 Å². The number of hydrogen-bond donors (Lipinski definition) is 2. The van der Waals surface area contributed by atoms with Crippen molar-refractivity contribution in [3.63, 3.8) is 0 Å². The normalized spacial score (nSPS) is 17.8. The maximum atomic E-state index is 12.0. The molecular formula is C14H26N2O4. The summed E-state index contributed by atoms with van der Waals surface area (Å²) in [6.45, 7) is 3.99. The number of likely N-dealkylation sites (tertiary alicyclic amines) is 1. The Balaban J connectivity index is 2.27. The number of carbonyl (C=O) groups is 2. The molecule has 0 bridgehead atoms. The van der Waals surface area contributed by atoms with E-state index in [-0.39, 0.29) is 19.0 Å². The van der Waals surface area contributed by atoms with Gasteiger partial charge in [-0.15, -0.1) is 0 Å². The quantitative estimate of drug-likeness (QED) is 0.746. The van der Waals surface area contributed by atoms with Crippen molar-refractivity contribution in [1.29, 1.82) is 0 Å². The molecule has 20 heavy (non-hydrogen) atoms. The Morgan fingerprint density at radius 3 is 2.55 bits per heavy atom. The summed E-state index contributed by atoms with van der Waals surface area (Å²) < 4.78 is 5.03. The van der Waals surface area contributed by atoms with E-state index in [0.717, 1.165) is 31.8 Å². The summed E-state index contributed by atoms with van der Waals surface area (Å²) in [7, 11) is 1.45. The molecule has 6 nitrogen and oxygen atoms in total. The number of aliphatic carboxylic acids is 1. The molecule has 0 spiro atoms. The summed E-state index contributed by atoms with van der Waals surface area (Å²) in [6, 6.07) is -0.118. The first kappa shape index (κ1) is 16.8. The maximum Gasteiger partial charge on any atom is 0.317 e. The lowest BCUT2D eigenvalue weighted by molar-refractivity contribution is -0.139. The van der Waals surface area contributed by atoms with E-state index in [1.165, 1.54) is 20.0 Å². The number of carbonyl (C=O) groups excluding carboxylic acids is 1. The van der Waals surface area contributed by atoms with Gasteiger partial charge in [0.1, 0.15) is 0 Å². The molecule has 1 aliphatic rings. The summed E-state index contributed by atoms with van der Waals surface area (Å²) >= 11 is 0. The van der Waals surface area contributed by atoms with Crippen molar-refractivity contribution in [3.05, 3.63) is 0 Å². The van der Waals surface area contributed by atoms with Gasteiger partial charge >= 0.3 is 12.0 Å². The third-order valence-corrected chi connectivity index (χ3v) is 3.82.